The average Bonchev–Trinajstić information content (AvgIpc) is 2.89. The lowest BCUT2D eigenvalue weighted by Gasteiger charge is -2.34. The van der Waals surface area contributed by atoms with Gasteiger partial charge in [0.25, 0.3) is 0 Å². The molecular formula is C34H52. The summed E-state index contributed by atoms with van der Waals surface area (Å²) in [5.74, 6) is 5.20. The van der Waals surface area contributed by atoms with Crippen molar-refractivity contribution >= 4 is 0 Å². The van der Waals surface area contributed by atoms with Gasteiger partial charge >= 0.3 is 0 Å². The van der Waals surface area contributed by atoms with Crippen LogP contribution in [0.1, 0.15) is 127 Å². The minimum Gasteiger partial charge on any atom is -0.0851 e. The molecule has 0 N–H and O–H groups in total. The van der Waals surface area contributed by atoms with Gasteiger partial charge in [-0.25, -0.2) is 0 Å². The molecule has 0 heterocycles. The maximum absolute atomic E-state index is 2.65. The molecule has 0 aromatic heterocycles. The highest BCUT2D eigenvalue weighted by Gasteiger charge is 2.28. The normalized spacial score (nSPS) is 32.3. The number of rotatable bonds is 10. The second-order valence-corrected chi connectivity index (χ2v) is 12.1. The summed E-state index contributed by atoms with van der Waals surface area (Å²) < 4.78 is 0. The van der Waals surface area contributed by atoms with Gasteiger partial charge in [0, 0.05) is 5.92 Å². The summed E-state index contributed by atoms with van der Waals surface area (Å²) in [4.78, 5) is 0. The van der Waals surface area contributed by atoms with Gasteiger partial charge in [-0.15, -0.1) is 0 Å². The lowest BCUT2D eigenvalue weighted by molar-refractivity contribution is 0.236. The van der Waals surface area contributed by atoms with Crippen LogP contribution in [0.3, 0.4) is 0 Å². The van der Waals surface area contributed by atoms with Gasteiger partial charge < -0.3 is 0 Å². The molecule has 1 aromatic carbocycles. The Morgan fingerprint density at radius 3 is 1.94 bits per heavy atom. The van der Waals surface area contributed by atoms with E-state index in [-0.39, 0.29) is 0 Å². The third-order valence-corrected chi connectivity index (χ3v) is 9.53. The zero-order chi connectivity index (χ0) is 23.6. The molecule has 2 unspecified atom stereocenters. The highest BCUT2D eigenvalue weighted by molar-refractivity contribution is 5.29. The summed E-state index contributed by atoms with van der Waals surface area (Å²) in [5.41, 5.74) is 3.02. The van der Waals surface area contributed by atoms with Crippen molar-refractivity contribution < 1.29 is 0 Å². The fraction of sp³-hybridized carbons (Fsp3) is 0.706. The van der Waals surface area contributed by atoms with Crippen LogP contribution < -0.4 is 0 Å². The van der Waals surface area contributed by atoms with Crippen molar-refractivity contribution in [3.05, 3.63) is 59.7 Å². The van der Waals surface area contributed by atoms with Gasteiger partial charge in [-0.05, 0) is 111 Å². The van der Waals surface area contributed by atoms with Crippen LogP contribution in [0.25, 0.3) is 0 Å². The Morgan fingerprint density at radius 1 is 0.676 bits per heavy atom. The fourth-order valence-electron chi connectivity index (χ4n) is 7.16. The summed E-state index contributed by atoms with van der Waals surface area (Å²) in [7, 11) is 0. The van der Waals surface area contributed by atoms with Gasteiger partial charge in [0.15, 0.2) is 0 Å². The van der Waals surface area contributed by atoms with E-state index in [1.54, 1.807) is 0 Å². The SMILES string of the molecule is CCCCCC1CCC(/C=C/C2CCC(C3C=CC(c4ccc(CCC)cc4)CC3)CC2)CC1. The molecular weight excluding hydrogens is 408 g/mol. The van der Waals surface area contributed by atoms with E-state index in [1.165, 1.54) is 114 Å². The molecule has 0 radical (unpaired) electrons. The van der Waals surface area contributed by atoms with Gasteiger partial charge in [0.2, 0.25) is 0 Å². The zero-order valence-electron chi connectivity index (χ0n) is 22.4. The van der Waals surface area contributed by atoms with Crippen molar-refractivity contribution in [2.75, 3.05) is 0 Å². The van der Waals surface area contributed by atoms with E-state index in [4.69, 9.17) is 0 Å². The number of aryl methyl sites for hydroxylation is 1. The first-order valence-electron chi connectivity index (χ1n) is 15.2. The first-order chi connectivity index (χ1) is 16.7. The van der Waals surface area contributed by atoms with Gasteiger partial charge in [-0.2, -0.15) is 0 Å². The van der Waals surface area contributed by atoms with E-state index in [2.05, 4.69) is 62.4 Å². The molecule has 4 rings (SSSR count). The van der Waals surface area contributed by atoms with Crippen molar-refractivity contribution in [3.8, 4) is 0 Å². The second-order valence-electron chi connectivity index (χ2n) is 12.1. The number of hydrogen-bond acceptors (Lipinski definition) is 0. The Morgan fingerprint density at radius 2 is 1.35 bits per heavy atom. The molecule has 0 amide bonds. The molecule has 0 aliphatic heterocycles. The predicted molar refractivity (Wildman–Crippen MR) is 149 cm³/mol. The predicted octanol–water partition coefficient (Wildman–Crippen LogP) is 10.4. The van der Waals surface area contributed by atoms with Crippen molar-refractivity contribution in [2.24, 2.45) is 29.6 Å². The lowest BCUT2D eigenvalue weighted by atomic mass is 9.71. The maximum atomic E-state index is 2.65. The van der Waals surface area contributed by atoms with E-state index < -0.39 is 0 Å². The van der Waals surface area contributed by atoms with Crippen LogP contribution in [0.5, 0.6) is 0 Å². The molecule has 2 fully saturated rings. The molecule has 3 aliphatic rings. The Kier molecular flexibility index (Phi) is 10.4. The van der Waals surface area contributed by atoms with E-state index in [9.17, 15) is 0 Å². The Balaban J connectivity index is 1.16. The fourth-order valence-corrected chi connectivity index (χ4v) is 7.16. The molecule has 0 spiro atoms. The molecule has 0 nitrogen and oxygen atoms in total. The molecule has 3 aliphatic carbocycles. The molecule has 0 saturated heterocycles. The maximum Gasteiger partial charge on any atom is 0.00182 e. The van der Waals surface area contributed by atoms with Gasteiger partial charge in [0.05, 0.1) is 0 Å². The minimum absolute atomic E-state index is 0.646. The van der Waals surface area contributed by atoms with E-state index in [0.717, 1.165) is 29.6 Å². The van der Waals surface area contributed by atoms with Crippen molar-refractivity contribution in [1.29, 1.82) is 0 Å². The quantitative estimate of drug-likeness (QED) is 0.240. The molecule has 0 bridgehead atoms. The number of unbranched alkanes of at least 4 members (excludes halogenated alkanes) is 2. The van der Waals surface area contributed by atoms with Crippen molar-refractivity contribution in [1.82, 2.24) is 0 Å². The molecule has 2 atom stereocenters. The lowest BCUT2D eigenvalue weighted by Crippen LogP contribution is -2.22. The van der Waals surface area contributed by atoms with Crippen molar-refractivity contribution in [3.63, 3.8) is 0 Å². The van der Waals surface area contributed by atoms with Crippen LogP contribution in [0.2, 0.25) is 0 Å². The third-order valence-electron chi connectivity index (χ3n) is 9.53. The standard InChI is InChI=1S/C34H52/c1-3-5-6-8-28-9-11-29(12-10-28)13-14-30-17-21-32(22-18-30)34-25-23-33(24-26-34)31-19-15-27(7-4-2)16-20-31/h13-16,19-20,23,25,28-30,32-34H,3-12,17-18,21-22,24,26H2,1-2H3/b14-13+. The summed E-state index contributed by atoms with van der Waals surface area (Å²) in [6.07, 6.45) is 33.0. The first-order valence-corrected chi connectivity index (χ1v) is 15.2. The van der Waals surface area contributed by atoms with Crippen LogP contribution in [0.15, 0.2) is 48.6 Å². The van der Waals surface area contributed by atoms with Crippen LogP contribution in [-0.2, 0) is 6.42 Å². The van der Waals surface area contributed by atoms with Gasteiger partial charge in [-0.1, -0.05) is 94.5 Å². The van der Waals surface area contributed by atoms with Gasteiger partial charge in [0.1, 0.15) is 0 Å². The molecule has 1 aromatic rings. The van der Waals surface area contributed by atoms with E-state index >= 15 is 0 Å². The second kappa shape index (κ2) is 13.7. The summed E-state index contributed by atoms with van der Waals surface area (Å²) in [5, 5.41) is 0. The first kappa shape index (κ1) is 25.8. The number of hydrogen-bond donors (Lipinski definition) is 0. The van der Waals surface area contributed by atoms with E-state index in [1.807, 2.05) is 0 Å². The van der Waals surface area contributed by atoms with Gasteiger partial charge in [-0.3, -0.25) is 0 Å². The summed E-state index contributed by atoms with van der Waals surface area (Å²) in [6, 6.07) is 9.48. The number of benzene rings is 1. The largest absolute Gasteiger partial charge is 0.0851 e. The molecule has 188 valence electrons. The summed E-state index contributed by atoms with van der Waals surface area (Å²) in [6.45, 7) is 4.59. The molecule has 0 heteroatoms. The van der Waals surface area contributed by atoms with Crippen LogP contribution in [0.4, 0.5) is 0 Å². The smallest absolute Gasteiger partial charge is 0.00182 e. The number of allylic oxidation sites excluding steroid dienone is 4. The van der Waals surface area contributed by atoms with Crippen LogP contribution in [0, 0.1) is 29.6 Å². The molecule has 34 heavy (non-hydrogen) atoms. The minimum atomic E-state index is 0.646. The average molecular weight is 461 g/mol. The molecule has 2 saturated carbocycles. The third kappa shape index (κ3) is 7.60. The Hall–Kier alpha value is -1.30. The topological polar surface area (TPSA) is 0 Å². The summed E-state index contributed by atoms with van der Waals surface area (Å²) >= 11 is 0. The Labute approximate surface area is 211 Å². The van der Waals surface area contributed by atoms with E-state index in [0.29, 0.717) is 5.92 Å². The monoisotopic (exact) mass is 460 g/mol. The Bertz CT molecular complexity index is 737. The van der Waals surface area contributed by atoms with Crippen molar-refractivity contribution in [2.45, 2.75) is 122 Å². The zero-order valence-corrected chi connectivity index (χ0v) is 22.4. The highest BCUT2D eigenvalue weighted by Crippen LogP contribution is 2.41. The van der Waals surface area contributed by atoms with Crippen LogP contribution >= 0.6 is 0 Å². The highest BCUT2D eigenvalue weighted by atomic mass is 14.3. The van der Waals surface area contributed by atoms with Crippen LogP contribution in [-0.4, -0.2) is 0 Å².